The van der Waals surface area contributed by atoms with Gasteiger partial charge in [0.15, 0.2) is 16.6 Å². The predicted octanol–water partition coefficient (Wildman–Crippen LogP) is 0.412. The van der Waals surface area contributed by atoms with Gasteiger partial charge in [-0.25, -0.2) is 14.6 Å². The number of carboxylic acid groups (broad SMARTS) is 2. The third-order valence-corrected chi connectivity index (χ3v) is 10.4. The number of aromatic hydroxyl groups is 1. The number of anilines is 1. The molecular formula is C24H22N8O9S4. The summed E-state index contributed by atoms with van der Waals surface area (Å²) in [7, 11) is 0. The standard InChI is InChI=1S/C24H22N8O9S4/c25-24-27-11(9-44-24)16(29-41-4-2-12(22(37)38)31-3-1-13(33)14(34)6-31)19(35)28-17-20(36)32-18(23(39)40)10(8-43-21(17)32)7-42-15-5-26-30-45-15/h1,3,5-6,9,12,17,21,34H,2,4,7-8H2,(H2,25,27)(H,28,35)(H,37,38)(H,39,40)/b29-16+/t12-,17+,21+/m0/s1. The maximum Gasteiger partial charge on any atom is 0.352 e. The Morgan fingerprint density at radius 3 is 2.73 bits per heavy atom. The molecule has 45 heavy (non-hydrogen) atoms. The summed E-state index contributed by atoms with van der Waals surface area (Å²) in [5.41, 5.74) is 5.17. The molecular weight excluding hydrogens is 673 g/mol. The predicted molar refractivity (Wildman–Crippen MR) is 163 cm³/mol. The number of amides is 2. The first kappa shape index (κ1) is 31.9. The van der Waals surface area contributed by atoms with Gasteiger partial charge < -0.3 is 35.8 Å². The lowest BCUT2D eigenvalue weighted by Crippen LogP contribution is -2.71. The summed E-state index contributed by atoms with van der Waals surface area (Å²) in [6, 6.07) is -1.29. The number of hydrogen-bond donors (Lipinski definition) is 5. The summed E-state index contributed by atoms with van der Waals surface area (Å²) in [6.07, 6.45) is 3.58. The third kappa shape index (κ3) is 6.95. The molecule has 0 unspecified atom stereocenters. The lowest BCUT2D eigenvalue weighted by molar-refractivity contribution is -0.150. The number of nitrogens with one attached hydrogen (secondary N) is 1. The molecule has 6 N–H and O–H groups in total. The highest BCUT2D eigenvalue weighted by Gasteiger charge is 2.54. The highest BCUT2D eigenvalue weighted by atomic mass is 32.2. The molecule has 0 radical (unpaired) electrons. The number of rotatable bonds is 13. The number of aromatic nitrogens is 4. The summed E-state index contributed by atoms with van der Waals surface area (Å²) in [6.45, 7) is -0.306. The summed E-state index contributed by atoms with van der Waals surface area (Å²) >= 11 is 4.85. The zero-order valence-corrected chi connectivity index (χ0v) is 25.9. The number of oxime groups is 1. The molecule has 0 spiro atoms. The van der Waals surface area contributed by atoms with Crippen molar-refractivity contribution in [3.05, 3.63) is 57.2 Å². The van der Waals surface area contributed by atoms with Crippen molar-refractivity contribution < 1.29 is 39.3 Å². The van der Waals surface area contributed by atoms with Crippen LogP contribution in [-0.4, -0.2) is 98.4 Å². The molecule has 2 aliphatic heterocycles. The number of nitrogens with zero attached hydrogens (tertiary/aromatic N) is 6. The second-order valence-corrected chi connectivity index (χ2v) is 13.3. The molecule has 2 aliphatic rings. The van der Waals surface area contributed by atoms with Gasteiger partial charge in [0.2, 0.25) is 5.43 Å². The quantitative estimate of drug-likeness (QED) is 0.0534. The molecule has 3 atom stereocenters. The van der Waals surface area contributed by atoms with Crippen LogP contribution in [0.15, 0.2) is 55.5 Å². The van der Waals surface area contributed by atoms with Crippen LogP contribution in [-0.2, 0) is 24.0 Å². The van der Waals surface area contributed by atoms with E-state index in [1.165, 1.54) is 46.6 Å². The number of hydrogen-bond acceptors (Lipinski definition) is 16. The van der Waals surface area contributed by atoms with Crippen LogP contribution in [0.4, 0.5) is 5.13 Å². The van der Waals surface area contributed by atoms with E-state index in [4.69, 9.17) is 10.6 Å². The van der Waals surface area contributed by atoms with Gasteiger partial charge in [-0.1, -0.05) is 9.64 Å². The van der Waals surface area contributed by atoms with Gasteiger partial charge in [0.1, 0.15) is 39.7 Å². The zero-order chi connectivity index (χ0) is 32.2. The van der Waals surface area contributed by atoms with Crippen molar-refractivity contribution in [2.45, 2.75) is 28.1 Å². The van der Waals surface area contributed by atoms with Crippen molar-refractivity contribution in [1.82, 2.24) is 29.4 Å². The van der Waals surface area contributed by atoms with E-state index in [0.717, 1.165) is 37.3 Å². The number of aliphatic carboxylic acids is 2. The van der Waals surface area contributed by atoms with E-state index in [1.807, 2.05) is 0 Å². The molecule has 0 saturated carbocycles. The van der Waals surface area contributed by atoms with Crippen molar-refractivity contribution in [3.8, 4) is 5.75 Å². The first-order valence-corrected chi connectivity index (χ1v) is 16.4. The van der Waals surface area contributed by atoms with Crippen LogP contribution in [0, 0.1) is 0 Å². The van der Waals surface area contributed by atoms with E-state index in [2.05, 4.69) is 25.0 Å². The molecule has 5 heterocycles. The van der Waals surface area contributed by atoms with E-state index < -0.39 is 52.4 Å². The lowest BCUT2D eigenvalue weighted by Gasteiger charge is -2.49. The van der Waals surface area contributed by atoms with Gasteiger partial charge in [0.25, 0.3) is 11.8 Å². The number of fused-ring (bicyclic) bond motifs is 1. The Kier molecular flexibility index (Phi) is 9.70. The normalized spacial score (nSPS) is 18.6. The number of pyridine rings is 1. The van der Waals surface area contributed by atoms with Crippen LogP contribution >= 0.6 is 46.4 Å². The fourth-order valence-corrected chi connectivity index (χ4v) is 7.80. The monoisotopic (exact) mass is 694 g/mol. The molecule has 1 fully saturated rings. The summed E-state index contributed by atoms with van der Waals surface area (Å²) in [5.74, 6) is -4.00. The SMILES string of the molecule is Nc1nc(/C(=N\OCC[C@@H](C(=O)O)n2ccc(=O)c(O)c2)C(=O)N[C@@H]2C(=O)N3C(C(=O)O)=C(CSc4cnns4)CS[C@H]23)cs1. The first-order chi connectivity index (χ1) is 21.5. The van der Waals surface area contributed by atoms with Crippen molar-refractivity contribution in [2.24, 2.45) is 5.16 Å². The number of β-lactam (4-membered cyclic amide) rings is 1. The molecule has 0 aliphatic carbocycles. The van der Waals surface area contributed by atoms with E-state index in [1.54, 1.807) is 6.20 Å². The smallest absolute Gasteiger partial charge is 0.352 e. The largest absolute Gasteiger partial charge is 0.503 e. The van der Waals surface area contributed by atoms with Gasteiger partial charge in [-0.15, -0.1) is 40.0 Å². The van der Waals surface area contributed by atoms with Crippen molar-refractivity contribution >= 4 is 81.0 Å². The van der Waals surface area contributed by atoms with E-state index in [-0.39, 0.29) is 35.3 Å². The summed E-state index contributed by atoms with van der Waals surface area (Å²) in [5, 5.41) is 40.3. The Labute approximate surface area is 268 Å². The molecule has 3 aromatic rings. The molecule has 3 aromatic heterocycles. The first-order valence-electron chi connectivity index (χ1n) is 12.7. The minimum absolute atomic E-state index is 0.0398. The van der Waals surface area contributed by atoms with Gasteiger partial charge in [-0.05, 0) is 17.1 Å². The number of nitrogen functional groups attached to an aromatic ring is 1. The number of carbonyl (C=O) groups is 4. The van der Waals surface area contributed by atoms with Gasteiger partial charge >= 0.3 is 11.9 Å². The third-order valence-electron chi connectivity index (χ3n) is 6.45. The molecule has 5 rings (SSSR count). The van der Waals surface area contributed by atoms with Gasteiger partial charge in [0, 0.05) is 35.6 Å². The molecule has 17 nitrogen and oxygen atoms in total. The van der Waals surface area contributed by atoms with Crippen LogP contribution in [0.2, 0.25) is 0 Å². The van der Waals surface area contributed by atoms with Crippen molar-refractivity contribution in [1.29, 1.82) is 0 Å². The van der Waals surface area contributed by atoms with E-state index >= 15 is 0 Å². The Morgan fingerprint density at radius 1 is 1.29 bits per heavy atom. The number of carboxylic acids is 2. The maximum atomic E-state index is 13.3. The van der Waals surface area contributed by atoms with Crippen LogP contribution in [0.1, 0.15) is 18.2 Å². The Balaban J connectivity index is 1.27. The molecule has 0 bridgehead atoms. The highest BCUT2D eigenvalue weighted by Crippen LogP contribution is 2.41. The number of thioether (sulfide) groups is 2. The fraction of sp³-hybridized carbons (Fsp3) is 0.292. The average molecular weight is 695 g/mol. The Morgan fingerprint density at radius 2 is 2.09 bits per heavy atom. The molecule has 236 valence electrons. The van der Waals surface area contributed by atoms with E-state index in [0.29, 0.717) is 17.1 Å². The zero-order valence-electron chi connectivity index (χ0n) is 22.6. The molecule has 21 heteroatoms. The van der Waals surface area contributed by atoms with Crippen LogP contribution < -0.4 is 16.5 Å². The minimum Gasteiger partial charge on any atom is -0.503 e. The Bertz CT molecular complexity index is 1760. The number of thiazole rings is 1. The van der Waals surface area contributed by atoms with Crippen molar-refractivity contribution in [2.75, 3.05) is 23.8 Å². The van der Waals surface area contributed by atoms with Gasteiger partial charge in [-0.2, -0.15) is 0 Å². The Hall–Kier alpha value is -4.47. The lowest BCUT2D eigenvalue weighted by atomic mass is 10.0. The minimum atomic E-state index is -1.27. The average Bonchev–Trinajstić information content (AvgIpc) is 3.69. The van der Waals surface area contributed by atoms with E-state index in [9.17, 15) is 39.3 Å². The fourth-order valence-electron chi connectivity index (χ4n) is 4.34. The highest BCUT2D eigenvalue weighted by molar-refractivity contribution is 8.01. The molecule has 0 aromatic carbocycles. The van der Waals surface area contributed by atoms with Crippen LogP contribution in [0.25, 0.3) is 0 Å². The second kappa shape index (κ2) is 13.7. The summed E-state index contributed by atoms with van der Waals surface area (Å²) < 4.78 is 5.70. The van der Waals surface area contributed by atoms with Gasteiger partial charge in [-0.3, -0.25) is 19.3 Å². The number of carbonyl (C=O) groups excluding carboxylic acids is 2. The van der Waals surface area contributed by atoms with Crippen LogP contribution in [0.5, 0.6) is 5.75 Å². The molecule has 2 amide bonds. The maximum absolute atomic E-state index is 13.3. The number of nitrogens with two attached hydrogens (primary N) is 1. The van der Waals surface area contributed by atoms with Gasteiger partial charge in [0.05, 0.1) is 12.4 Å². The van der Waals surface area contributed by atoms with Crippen molar-refractivity contribution in [3.63, 3.8) is 0 Å². The van der Waals surface area contributed by atoms with Crippen LogP contribution in [0.3, 0.4) is 0 Å². The second-order valence-electron chi connectivity index (χ2n) is 9.27. The summed E-state index contributed by atoms with van der Waals surface area (Å²) in [4.78, 5) is 72.4. The molecule has 1 saturated heterocycles. The topological polar surface area (TPSA) is 253 Å².